The monoisotopic (exact) mass is 497 g/mol. The number of ketones is 1. The number of aryl methyl sites for hydroxylation is 2. The zero-order valence-electron chi connectivity index (χ0n) is 20.4. The van der Waals surface area contributed by atoms with Gasteiger partial charge < -0.3 is 5.32 Å². The van der Waals surface area contributed by atoms with Crippen LogP contribution >= 0.6 is 11.8 Å². The van der Waals surface area contributed by atoms with Crippen LogP contribution in [-0.2, 0) is 11.3 Å². The lowest BCUT2D eigenvalue weighted by Crippen LogP contribution is -2.23. The summed E-state index contributed by atoms with van der Waals surface area (Å²) in [5, 5.41) is 3.89. The number of hydrogen-bond donors (Lipinski definition) is 1. The van der Waals surface area contributed by atoms with Gasteiger partial charge in [0.2, 0.25) is 5.91 Å². The second-order valence-electron chi connectivity index (χ2n) is 8.44. The standard InChI is InChI=1S/C29H27N3O3S/c1-4-32-28(35)24-10-5-6-11-25(24)31-29(32)36-18-27(34)30-23-9-7-8-22(17-23)26(33)15-14-21-13-12-19(2)16-20(21)3/h5-17H,4,18H2,1-3H3,(H,30,34)/b15-14+. The highest BCUT2D eigenvalue weighted by Crippen LogP contribution is 2.19. The van der Waals surface area contributed by atoms with Crippen molar-refractivity contribution in [3.63, 3.8) is 0 Å². The predicted octanol–water partition coefficient (Wildman–Crippen LogP) is 5.66. The zero-order valence-corrected chi connectivity index (χ0v) is 21.3. The molecule has 3 aromatic carbocycles. The molecule has 0 aliphatic rings. The highest BCUT2D eigenvalue weighted by atomic mass is 32.2. The van der Waals surface area contributed by atoms with E-state index in [0.29, 0.717) is 33.9 Å². The normalized spacial score (nSPS) is 11.2. The Bertz CT molecular complexity index is 1540. The van der Waals surface area contributed by atoms with Crippen molar-refractivity contribution in [1.82, 2.24) is 9.55 Å². The minimum Gasteiger partial charge on any atom is -0.325 e. The summed E-state index contributed by atoms with van der Waals surface area (Å²) < 4.78 is 1.57. The third kappa shape index (κ3) is 5.80. The molecule has 0 aliphatic heterocycles. The van der Waals surface area contributed by atoms with Gasteiger partial charge >= 0.3 is 0 Å². The van der Waals surface area contributed by atoms with Gasteiger partial charge in [0.05, 0.1) is 16.7 Å². The Morgan fingerprint density at radius 1 is 1.03 bits per heavy atom. The van der Waals surface area contributed by atoms with Gasteiger partial charge in [0, 0.05) is 17.8 Å². The first-order chi connectivity index (χ1) is 17.4. The number of anilines is 1. The Balaban J connectivity index is 1.43. The molecule has 4 aromatic rings. The Kier molecular flexibility index (Phi) is 7.80. The number of hydrogen-bond acceptors (Lipinski definition) is 5. The molecule has 4 rings (SSSR count). The van der Waals surface area contributed by atoms with E-state index in [1.165, 1.54) is 17.3 Å². The number of amides is 1. The van der Waals surface area contributed by atoms with E-state index in [9.17, 15) is 14.4 Å². The molecule has 7 heteroatoms. The van der Waals surface area contributed by atoms with E-state index in [2.05, 4.69) is 16.4 Å². The van der Waals surface area contributed by atoms with Crippen molar-refractivity contribution in [1.29, 1.82) is 0 Å². The molecule has 0 saturated heterocycles. The van der Waals surface area contributed by atoms with Gasteiger partial charge in [-0.05, 0) is 62.2 Å². The summed E-state index contributed by atoms with van der Waals surface area (Å²) in [6, 6.07) is 20.1. The number of para-hydroxylation sites is 1. The molecule has 1 heterocycles. The molecule has 36 heavy (non-hydrogen) atoms. The van der Waals surface area contributed by atoms with Crippen LogP contribution in [0.2, 0.25) is 0 Å². The molecule has 0 saturated carbocycles. The number of carbonyl (C=O) groups excluding carboxylic acids is 2. The van der Waals surface area contributed by atoms with Crippen LogP contribution in [0.5, 0.6) is 0 Å². The molecule has 1 N–H and O–H groups in total. The van der Waals surface area contributed by atoms with Crippen LogP contribution in [0, 0.1) is 13.8 Å². The van der Waals surface area contributed by atoms with Gasteiger partial charge in [0.15, 0.2) is 10.9 Å². The maximum atomic E-state index is 12.8. The lowest BCUT2D eigenvalue weighted by molar-refractivity contribution is -0.113. The van der Waals surface area contributed by atoms with Crippen molar-refractivity contribution in [2.75, 3.05) is 11.1 Å². The second-order valence-corrected chi connectivity index (χ2v) is 9.38. The molecule has 0 aliphatic carbocycles. The fraction of sp³-hybridized carbons (Fsp3) is 0.172. The molecule has 0 atom stereocenters. The Hall–Kier alpha value is -3.97. The van der Waals surface area contributed by atoms with Crippen LogP contribution in [0.3, 0.4) is 0 Å². The number of thioether (sulfide) groups is 1. The summed E-state index contributed by atoms with van der Waals surface area (Å²) in [7, 11) is 0. The van der Waals surface area contributed by atoms with Crippen molar-refractivity contribution in [3.8, 4) is 0 Å². The van der Waals surface area contributed by atoms with Gasteiger partial charge in [-0.15, -0.1) is 0 Å². The van der Waals surface area contributed by atoms with Crippen molar-refractivity contribution in [2.45, 2.75) is 32.5 Å². The van der Waals surface area contributed by atoms with Gasteiger partial charge in [-0.1, -0.05) is 65.9 Å². The smallest absolute Gasteiger partial charge is 0.262 e. The highest BCUT2D eigenvalue weighted by Gasteiger charge is 2.13. The molecule has 0 radical (unpaired) electrons. The van der Waals surface area contributed by atoms with Crippen molar-refractivity contribution in [2.24, 2.45) is 0 Å². The number of nitrogens with zero attached hydrogens (tertiary/aromatic N) is 2. The topological polar surface area (TPSA) is 81.1 Å². The van der Waals surface area contributed by atoms with E-state index in [0.717, 1.165) is 11.1 Å². The van der Waals surface area contributed by atoms with Crippen molar-refractivity contribution in [3.05, 3.63) is 105 Å². The van der Waals surface area contributed by atoms with E-state index >= 15 is 0 Å². The molecule has 0 fully saturated rings. The molecule has 1 aromatic heterocycles. The van der Waals surface area contributed by atoms with Crippen LogP contribution < -0.4 is 10.9 Å². The number of benzene rings is 3. The minimum atomic E-state index is -0.250. The molecule has 1 amide bonds. The van der Waals surface area contributed by atoms with Gasteiger partial charge in [0.25, 0.3) is 5.56 Å². The van der Waals surface area contributed by atoms with Gasteiger partial charge in [-0.2, -0.15) is 0 Å². The van der Waals surface area contributed by atoms with E-state index in [-0.39, 0.29) is 23.0 Å². The summed E-state index contributed by atoms with van der Waals surface area (Å²) in [5.74, 6) is -0.316. The number of allylic oxidation sites excluding steroid dienone is 1. The maximum absolute atomic E-state index is 12.8. The number of carbonyl (C=O) groups is 2. The molecule has 0 spiro atoms. The number of rotatable bonds is 8. The lowest BCUT2D eigenvalue weighted by Gasteiger charge is -2.11. The Morgan fingerprint density at radius 3 is 2.61 bits per heavy atom. The Labute approximate surface area is 214 Å². The SMILES string of the molecule is CCn1c(SCC(=O)Nc2cccc(C(=O)/C=C/c3ccc(C)cc3C)c2)nc2ccccc2c1=O. The first-order valence-electron chi connectivity index (χ1n) is 11.7. The highest BCUT2D eigenvalue weighted by molar-refractivity contribution is 7.99. The van der Waals surface area contributed by atoms with Crippen molar-refractivity contribution < 1.29 is 9.59 Å². The van der Waals surface area contributed by atoms with E-state index in [4.69, 9.17) is 0 Å². The molecular weight excluding hydrogens is 470 g/mol. The zero-order chi connectivity index (χ0) is 25.7. The van der Waals surface area contributed by atoms with E-state index < -0.39 is 0 Å². The van der Waals surface area contributed by atoms with Gasteiger partial charge in [-0.3, -0.25) is 19.0 Å². The molecule has 6 nitrogen and oxygen atoms in total. The average Bonchev–Trinajstić information content (AvgIpc) is 2.87. The number of aromatic nitrogens is 2. The van der Waals surface area contributed by atoms with Crippen LogP contribution in [0.25, 0.3) is 17.0 Å². The van der Waals surface area contributed by atoms with E-state index in [1.807, 2.05) is 51.1 Å². The summed E-state index contributed by atoms with van der Waals surface area (Å²) in [6.07, 6.45) is 3.35. The van der Waals surface area contributed by atoms with E-state index in [1.54, 1.807) is 47.0 Å². The van der Waals surface area contributed by atoms with Crippen LogP contribution in [0.15, 0.2) is 82.8 Å². The van der Waals surface area contributed by atoms with Gasteiger partial charge in [0.1, 0.15) is 0 Å². The number of fused-ring (bicyclic) bond motifs is 1. The third-order valence-electron chi connectivity index (χ3n) is 5.75. The fourth-order valence-corrected chi connectivity index (χ4v) is 4.75. The lowest BCUT2D eigenvalue weighted by atomic mass is 10.0. The van der Waals surface area contributed by atoms with Crippen LogP contribution in [-0.4, -0.2) is 27.0 Å². The summed E-state index contributed by atoms with van der Waals surface area (Å²) in [4.78, 5) is 42.7. The minimum absolute atomic E-state index is 0.0789. The third-order valence-corrected chi connectivity index (χ3v) is 6.72. The molecule has 182 valence electrons. The summed E-state index contributed by atoms with van der Waals surface area (Å²) in [6.45, 7) is 6.38. The first-order valence-corrected chi connectivity index (χ1v) is 12.7. The molecular formula is C29H27N3O3S. The first kappa shape index (κ1) is 25.1. The average molecular weight is 498 g/mol. The fourth-order valence-electron chi connectivity index (χ4n) is 3.89. The Morgan fingerprint density at radius 2 is 1.83 bits per heavy atom. The van der Waals surface area contributed by atoms with Crippen LogP contribution in [0.1, 0.15) is 34.0 Å². The summed E-state index contributed by atoms with van der Waals surface area (Å²) in [5.41, 5.74) is 4.77. The van der Waals surface area contributed by atoms with Crippen LogP contribution in [0.4, 0.5) is 5.69 Å². The predicted molar refractivity (Wildman–Crippen MR) is 147 cm³/mol. The summed E-state index contributed by atoms with van der Waals surface area (Å²) >= 11 is 1.21. The van der Waals surface area contributed by atoms with Crippen molar-refractivity contribution >= 4 is 46.1 Å². The molecule has 0 bridgehead atoms. The molecule has 0 unspecified atom stereocenters. The quantitative estimate of drug-likeness (QED) is 0.147. The van der Waals surface area contributed by atoms with Gasteiger partial charge in [-0.25, -0.2) is 4.98 Å². The number of nitrogens with one attached hydrogen (secondary N) is 1. The largest absolute Gasteiger partial charge is 0.325 e. The maximum Gasteiger partial charge on any atom is 0.262 e. The second kappa shape index (κ2) is 11.2.